The average Bonchev–Trinajstić information content (AvgIpc) is 2.66. The predicted molar refractivity (Wildman–Crippen MR) is 48.3 cm³/mol. The summed E-state index contributed by atoms with van der Waals surface area (Å²) in [6.45, 7) is 0. The molecule has 2 rings (SSSR count). The number of carbonyl (C=O) groups is 1. The van der Waals surface area contributed by atoms with E-state index in [9.17, 15) is 9.18 Å². The maximum Gasteiger partial charge on any atom is 0.513 e. The van der Waals surface area contributed by atoms with E-state index in [0.29, 0.717) is 0 Å². The van der Waals surface area contributed by atoms with Crippen LogP contribution in [0.3, 0.4) is 0 Å². The van der Waals surface area contributed by atoms with Crippen molar-refractivity contribution >= 4 is 6.16 Å². The number of aromatic nitrogens is 2. The quantitative estimate of drug-likeness (QED) is 0.784. The van der Waals surface area contributed by atoms with Crippen molar-refractivity contribution in [1.29, 1.82) is 0 Å². The Morgan fingerprint density at radius 2 is 2.19 bits per heavy atom. The molecule has 6 nitrogen and oxygen atoms in total. The van der Waals surface area contributed by atoms with E-state index in [0.717, 1.165) is 0 Å². The normalized spacial score (nSPS) is 10.1. The van der Waals surface area contributed by atoms with Crippen LogP contribution in [0.1, 0.15) is 0 Å². The highest BCUT2D eigenvalue weighted by atomic mass is 19.1. The van der Waals surface area contributed by atoms with Gasteiger partial charge < -0.3 is 14.4 Å². The van der Waals surface area contributed by atoms with Crippen LogP contribution in [0.15, 0.2) is 28.8 Å². The molecule has 0 bridgehead atoms. The molecule has 0 aliphatic rings. The molecule has 0 atom stereocenters. The molecule has 0 fully saturated rings. The van der Waals surface area contributed by atoms with E-state index in [4.69, 9.17) is 5.11 Å². The van der Waals surface area contributed by atoms with Crippen molar-refractivity contribution in [3.8, 4) is 17.5 Å². The predicted octanol–water partition coefficient (Wildman–Crippen LogP) is 1.93. The summed E-state index contributed by atoms with van der Waals surface area (Å²) >= 11 is 0. The van der Waals surface area contributed by atoms with Gasteiger partial charge in [0, 0.05) is 0 Å². The Labute approximate surface area is 88.3 Å². The van der Waals surface area contributed by atoms with Crippen LogP contribution in [0.2, 0.25) is 0 Å². The van der Waals surface area contributed by atoms with Crippen LogP contribution >= 0.6 is 0 Å². The van der Waals surface area contributed by atoms with Crippen LogP contribution < -0.4 is 4.74 Å². The Morgan fingerprint density at radius 1 is 1.44 bits per heavy atom. The minimum atomic E-state index is -1.57. The first-order chi connectivity index (χ1) is 7.66. The third kappa shape index (κ3) is 1.97. The van der Waals surface area contributed by atoms with Gasteiger partial charge in [0.2, 0.25) is 0 Å². The molecule has 0 saturated heterocycles. The number of hydrogen-bond donors (Lipinski definition) is 1. The van der Waals surface area contributed by atoms with Crippen molar-refractivity contribution in [3.63, 3.8) is 0 Å². The lowest BCUT2D eigenvalue weighted by atomic mass is 10.2. The summed E-state index contributed by atoms with van der Waals surface area (Å²) in [4.78, 5) is 13.7. The van der Waals surface area contributed by atoms with Gasteiger partial charge >= 0.3 is 12.2 Å². The van der Waals surface area contributed by atoms with Gasteiger partial charge in [-0.25, -0.2) is 9.18 Å². The molecule has 0 aliphatic heterocycles. The fraction of sp³-hybridized carbons (Fsp3) is 0. The van der Waals surface area contributed by atoms with Gasteiger partial charge in [0.1, 0.15) is 5.82 Å². The first kappa shape index (κ1) is 10.1. The third-order valence-electron chi connectivity index (χ3n) is 1.69. The zero-order valence-electron chi connectivity index (χ0n) is 7.75. The fourth-order valence-corrected chi connectivity index (χ4v) is 1.07. The van der Waals surface area contributed by atoms with Crippen LogP contribution in [0, 0.1) is 5.82 Å². The van der Waals surface area contributed by atoms with Crippen molar-refractivity contribution in [2.45, 2.75) is 0 Å². The number of hydrogen-bond acceptors (Lipinski definition) is 5. The van der Waals surface area contributed by atoms with Crippen molar-refractivity contribution in [2.24, 2.45) is 0 Å². The monoisotopic (exact) mass is 224 g/mol. The van der Waals surface area contributed by atoms with Crippen LogP contribution in [0.25, 0.3) is 11.5 Å². The lowest BCUT2D eigenvalue weighted by molar-refractivity contribution is 0.139. The zero-order valence-corrected chi connectivity index (χ0v) is 7.75. The van der Waals surface area contributed by atoms with Crippen molar-refractivity contribution < 1.29 is 23.6 Å². The minimum Gasteiger partial charge on any atom is -0.449 e. The Bertz CT molecular complexity index is 526. The molecule has 0 radical (unpaired) electrons. The Kier molecular flexibility index (Phi) is 2.50. The first-order valence-corrected chi connectivity index (χ1v) is 4.16. The smallest absolute Gasteiger partial charge is 0.449 e. The van der Waals surface area contributed by atoms with E-state index in [1.165, 1.54) is 18.2 Å². The summed E-state index contributed by atoms with van der Waals surface area (Å²) < 4.78 is 22.0. The summed E-state index contributed by atoms with van der Waals surface area (Å²) in [5, 5.41) is 11.5. The van der Waals surface area contributed by atoms with Gasteiger partial charge in [-0.3, -0.25) is 0 Å². The molecule has 1 N–H and O–H groups in total. The summed E-state index contributed by atoms with van der Waals surface area (Å²) in [5.41, 5.74) is 0.0789. The third-order valence-corrected chi connectivity index (χ3v) is 1.69. The Morgan fingerprint density at radius 3 is 2.88 bits per heavy atom. The maximum absolute atomic E-state index is 13.3. The molecule has 0 aliphatic carbocycles. The molecular formula is C9H5FN2O4. The number of benzene rings is 1. The second-order valence-electron chi connectivity index (χ2n) is 2.73. The van der Waals surface area contributed by atoms with Gasteiger partial charge in [-0.1, -0.05) is 12.1 Å². The SMILES string of the molecule is O=C(O)Oc1noc(-c2ccccc2F)n1. The summed E-state index contributed by atoms with van der Waals surface area (Å²) in [5.74, 6) is -0.692. The molecule has 1 heterocycles. The molecule has 7 heteroatoms. The van der Waals surface area contributed by atoms with Gasteiger partial charge in [0.15, 0.2) is 0 Å². The molecule has 0 saturated carbocycles. The van der Waals surface area contributed by atoms with Gasteiger partial charge in [-0.2, -0.15) is 4.98 Å². The van der Waals surface area contributed by atoms with Crippen molar-refractivity contribution in [2.75, 3.05) is 0 Å². The lowest BCUT2D eigenvalue weighted by Crippen LogP contribution is -2.03. The Hall–Kier alpha value is -2.44. The van der Waals surface area contributed by atoms with Crippen LogP contribution in [0.5, 0.6) is 6.01 Å². The number of halogens is 1. The van der Waals surface area contributed by atoms with E-state index in [1.54, 1.807) is 6.07 Å². The van der Waals surface area contributed by atoms with Crippen molar-refractivity contribution in [3.05, 3.63) is 30.1 Å². The van der Waals surface area contributed by atoms with E-state index >= 15 is 0 Å². The van der Waals surface area contributed by atoms with E-state index in [2.05, 4.69) is 19.4 Å². The molecule has 1 aromatic heterocycles. The minimum absolute atomic E-state index is 0.0789. The lowest BCUT2D eigenvalue weighted by Gasteiger charge is -1.94. The van der Waals surface area contributed by atoms with Gasteiger partial charge in [-0.15, -0.1) is 0 Å². The number of nitrogens with zero attached hydrogens (tertiary/aromatic N) is 2. The van der Waals surface area contributed by atoms with E-state index < -0.39 is 18.0 Å². The number of carboxylic acid groups (broad SMARTS) is 1. The first-order valence-electron chi connectivity index (χ1n) is 4.16. The molecule has 16 heavy (non-hydrogen) atoms. The van der Waals surface area contributed by atoms with Gasteiger partial charge in [-0.05, 0) is 17.3 Å². The summed E-state index contributed by atoms with van der Waals surface area (Å²) in [6, 6.07) is 5.25. The molecule has 82 valence electrons. The van der Waals surface area contributed by atoms with Crippen LogP contribution in [0.4, 0.5) is 9.18 Å². The zero-order chi connectivity index (χ0) is 11.5. The molecule has 0 unspecified atom stereocenters. The van der Waals surface area contributed by atoms with E-state index in [-0.39, 0.29) is 11.5 Å². The average molecular weight is 224 g/mol. The fourth-order valence-electron chi connectivity index (χ4n) is 1.07. The molecular weight excluding hydrogens is 219 g/mol. The van der Waals surface area contributed by atoms with E-state index in [1.807, 2.05) is 0 Å². The van der Waals surface area contributed by atoms with Gasteiger partial charge in [0.05, 0.1) is 5.56 Å². The summed E-state index contributed by atoms with van der Waals surface area (Å²) in [6.07, 6.45) is -1.57. The topological polar surface area (TPSA) is 85.5 Å². The van der Waals surface area contributed by atoms with Gasteiger partial charge in [0.25, 0.3) is 5.89 Å². The largest absolute Gasteiger partial charge is 0.513 e. The standard InChI is InChI=1S/C9H5FN2O4/c10-6-4-2-1-3-5(6)7-11-8(12-16-7)15-9(13)14/h1-4H,(H,13,14). The highest BCUT2D eigenvalue weighted by molar-refractivity contribution is 5.60. The summed E-state index contributed by atoms with van der Waals surface area (Å²) in [7, 11) is 0. The molecule has 2 aromatic rings. The number of rotatable bonds is 2. The highest BCUT2D eigenvalue weighted by Crippen LogP contribution is 2.22. The molecule has 0 spiro atoms. The molecule has 0 amide bonds. The van der Waals surface area contributed by atoms with Crippen molar-refractivity contribution in [1.82, 2.24) is 10.1 Å². The second-order valence-corrected chi connectivity index (χ2v) is 2.73. The maximum atomic E-state index is 13.3. The highest BCUT2D eigenvalue weighted by Gasteiger charge is 2.14. The van der Waals surface area contributed by atoms with Crippen LogP contribution in [-0.2, 0) is 0 Å². The Balaban J connectivity index is 2.32. The number of ether oxygens (including phenoxy) is 1. The second kappa shape index (κ2) is 3.97. The van der Waals surface area contributed by atoms with Crippen LogP contribution in [-0.4, -0.2) is 21.4 Å². The molecule has 1 aromatic carbocycles.